The van der Waals surface area contributed by atoms with Gasteiger partial charge in [-0.2, -0.15) is 0 Å². The Morgan fingerprint density at radius 1 is 1.16 bits per heavy atom. The molecule has 2 N–H and O–H groups in total. The van der Waals surface area contributed by atoms with E-state index in [1.54, 1.807) is 41.5 Å². The number of nitro groups is 1. The lowest BCUT2D eigenvalue weighted by molar-refractivity contribution is -0.384. The van der Waals surface area contributed by atoms with Gasteiger partial charge in [-0.1, -0.05) is 20.8 Å². The molecule has 1 aromatic rings. The number of ether oxygens (including phenoxy) is 3. The van der Waals surface area contributed by atoms with Crippen LogP contribution in [-0.2, 0) is 19.1 Å². The van der Waals surface area contributed by atoms with Crippen molar-refractivity contribution in [1.82, 2.24) is 10.2 Å². The number of anilines is 1. The molecular weight excluding hydrogens is 488 g/mol. The number of aldehydes is 1. The minimum absolute atomic E-state index is 0.0245. The molecule has 1 aliphatic rings. The summed E-state index contributed by atoms with van der Waals surface area (Å²) in [5.41, 5.74) is -2.01. The lowest BCUT2D eigenvalue weighted by Crippen LogP contribution is -2.56. The van der Waals surface area contributed by atoms with E-state index in [-0.39, 0.29) is 24.4 Å². The van der Waals surface area contributed by atoms with Gasteiger partial charge in [-0.15, -0.1) is 0 Å². The van der Waals surface area contributed by atoms with E-state index in [2.05, 4.69) is 10.6 Å². The molecule has 13 nitrogen and oxygen atoms in total. The Hall–Kier alpha value is -3.90. The highest BCUT2D eigenvalue weighted by Gasteiger charge is 2.44. The maximum Gasteiger partial charge on any atom is 0.412 e. The van der Waals surface area contributed by atoms with E-state index in [9.17, 15) is 29.3 Å². The summed E-state index contributed by atoms with van der Waals surface area (Å²) in [5, 5.41) is 16.3. The van der Waals surface area contributed by atoms with Gasteiger partial charge < -0.3 is 29.2 Å². The number of likely N-dealkylation sites (tertiary alicyclic amines) is 1. The number of benzene rings is 1. The zero-order valence-electron chi connectivity index (χ0n) is 22.0. The zero-order chi connectivity index (χ0) is 28.1. The maximum absolute atomic E-state index is 13.4. The SMILES string of the molecule is COc1ccc(NC(=O)O[C@@H]2C[C@@H](C=O)N(C(=O)[C@@H](NC(=O)OC(C)(C)C)C(C)(C)C)C2)c([N+](=O)[O-])c1. The third kappa shape index (κ3) is 8.05. The molecule has 13 heteroatoms. The maximum atomic E-state index is 13.4. The summed E-state index contributed by atoms with van der Waals surface area (Å²) in [4.78, 5) is 62.0. The Kier molecular flexibility index (Phi) is 9.07. The topological polar surface area (TPSA) is 166 Å². The van der Waals surface area contributed by atoms with E-state index in [1.165, 1.54) is 24.1 Å². The first kappa shape index (κ1) is 29.3. The van der Waals surface area contributed by atoms with Crippen LogP contribution in [0.15, 0.2) is 18.2 Å². The average Bonchev–Trinajstić information content (AvgIpc) is 3.17. The fourth-order valence-electron chi connectivity index (χ4n) is 3.72. The summed E-state index contributed by atoms with van der Waals surface area (Å²) in [6, 6.07) is 1.96. The number of nitrogens with one attached hydrogen (secondary N) is 2. The van der Waals surface area contributed by atoms with Crippen LogP contribution in [0.2, 0.25) is 0 Å². The van der Waals surface area contributed by atoms with Crippen LogP contribution < -0.4 is 15.4 Å². The van der Waals surface area contributed by atoms with Crippen molar-refractivity contribution in [1.29, 1.82) is 0 Å². The molecule has 2 rings (SSSR count). The summed E-state index contributed by atoms with van der Waals surface area (Å²) in [7, 11) is 1.35. The van der Waals surface area contributed by atoms with Crippen LogP contribution in [0.5, 0.6) is 5.75 Å². The molecule has 0 aliphatic carbocycles. The van der Waals surface area contributed by atoms with Crippen LogP contribution in [-0.4, -0.2) is 71.6 Å². The smallest absolute Gasteiger partial charge is 0.412 e. The number of methoxy groups -OCH3 is 1. The second-order valence-corrected chi connectivity index (χ2v) is 10.7. The Balaban J connectivity index is 2.13. The molecule has 0 unspecified atom stereocenters. The molecule has 0 saturated carbocycles. The van der Waals surface area contributed by atoms with Crippen LogP contribution in [0.25, 0.3) is 0 Å². The minimum atomic E-state index is -1.03. The number of nitrogens with zero attached hydrogens (tertiary/aromatic N) is 2. The third-order valence-corrected chi connectivity index (χ3v) is 5.43. The zero-order valence-corrected chi connectivity index (χ0v) is 22.0. The number of amides is 3. The Morgan fingerprint density at radius 2 is 1.81 bits per heavy atom. The van der Waals surface area contributed by atoms with Gasteiger partial charge in [-0.05, 0) is 38.3 Å². The summed E-state index contributed by atoms with van der Waals surface area (Å²) in [6.45, 7) is 10.2. The fraction of sp³-hybridized carbons (Fsp3) is 0.583. The van der Waals surface area contributed by atoms with Crippen LogP contribution in [0.3, 0.4) is 0 Å². The Morgan fingerprint density at radius 3 is 2.32 bits per heavy atom. The second kappa shape index (κ2) is 11.4. The van der Waals surface area contributed by atoms with E-state index in [0.29, 0.717) is 6.29 Å². The number of carbonyl (C=O) groups excluding carboxylic acids is 4. The van der Waals surface area contributed by atoms with Crippen molar-refractivity contribution in [2.24, 2.45) is 5.41 Å². The predicted octanol–water partition coefficient (Wildman–Crippen LogP) is 3.26. The van der Waals surface area contributed by atoms with Crippen molar-refractivity contribution in [2.45, 2.75) is 71.8 Å². The standard InChI is InChI=1S/C24H34N4O9/c1-23(2,3)19(26-22(32)37-24(4,5)6)20(30)27-12-16(10-14(27)13-29)36-21(31)25-17-9-8-15(35-7)11-18(17)28(33)34/h8-9,11,13-14,16,19H,10,12H2,1-7H3,(H,25,31)(H,26,32)/t14-,16+,19+/m0/s1. The summed E-state index contributed by atoms with van der Waals surface area (Å²) < 4.78 is 15.6. The van der Waals surface area contributed by atoms with Crippen molar-refractivity contribution >= 4 is 35.8 Å². The second-order valence-electron chi connectivity index (χ2n) is 10.7. The molecule has 0 aromatic heterocycles. The van der Waals surface area contributed by atoms with Crippen LogP contribution in [0, 0.1) is 15.5 Å². The highest BCUT2D eigenvalue weighted by atomic mass is 16.6. The molecule has 1 aromatic carbocycles. The number of alkyl carbamates (subject to hydrolysis) is 1. The monoisotopic (exact) mass is 522 g/mol. The van der Waals surface area contributed by atoms with E-state index >= 15 is 0 Å². The molecule has 1 heterocycles. The number of nitro benzene ring substituents is 1. The van der Waals surface area contributed by atoms with Crippen molar-refractivity contribution in [2.75, 3.05) is 19.0 Å². The molecule has 37 heavy (non-hydrogen) atoms. The lowest BCUT2D eigenvalue weighted by atomic mass is 9.85. The number of hydrogen-bond donors (Lipinski definition) is 2. The van der Waals surface area contributed by atoms with Crippen LogP contribution >= 0.6 is 0 Å². The van der Waals surface area contributed by atoms with Crippen molar-refractivity contribution in [3.05, 3.63) is 28.3 Å². The van der Waals surface area contributed by atoms with E-state index in [0.717, 1.165) is 6.07 Å². The summed E-state index contributed by atoms with van der Waals surface area (Å²) >= 11 is 0. The highest BCUT2D eigenvalue weighted by molar-refractivity contribution is 5.90. The van der Waals surface area contributed by atoms with Gasteiger partial charge in [-0.25, -0.2) is 9.59 Å². The predicted molar refractivity (Wildman–Crippen MR) is 132 cm³/mol. The molecule has 0 spiro atoms. The van der Waals surface area contributed by atoms with Crippen molar-refractivity contribution in [3.8, 4) is 5.75 Å². The van der Waals surface area contributed by atoms with Gasteiger partial charge in [-0.3, -0.25) is 20.2 Å². The molecule has 204 valence electrons. The highest BCUT2D eigenvalue weighted by Crippen LogP contribution is 2.30. The summed E-state index contributed by atoms with van der Waals surface area (Å²) in [5.74, 6) is -0.300. The molecular formula is C24H34N4O9. The number of hydrogen-bond acceptors (Lipinski definition) is 9. The Bertz CT molecular complexity index is 1050. The quantitative estimate of drug-likeness (QED) is 0.310. The van der Waals surface area contributed by atoms with Gasteiger partial charge in [0.1, 0.15) is 35.5 Å². The minimum Gasteiger partial charge on any atom is -0.496 e. The van der Waals surface area contributed by atoms with Gasteiger partial charge in [0.05, 0.1) is 30.7 Å². The first-order valence-corrected chi connectivity index (χ1v) is 11.6. The van der Waals surface area contributed by atoms with Crippen molar-refractivity contribution < 1.29 is 38.3 Å². The molecule has 3 atom stereocenters. The molecule has 3 amide bonds. The normalized spacial score (nSPS) is 18.4. The average molecular weight is 523 g/mol. The Labute approximate surface area is 214 Å². The largest absolute Gasteiger partial charge is 0.496 e. The molecule has 1 aliphatic heterocycles. The van der Waals surface area contributed by atoms with Gasteiger partial charge in [0, 0.05) is 6.42 Å². The van der Waals surface area contributed by atoms with Crippen LogP contribution in [0.4, 0.5) is 21.0 Å². The molecule has 0 bridgehead atoms. The van der Waals surface area contributed by atoms with E-state index in [4.69, 9.17) is 14.2 Å². The number of carbonyl (C=O) groups is 4. The van der Waals surface area contributed by atoms with Gasteiger partial charge in [0.2, 0.25) is 5.91 Å². The van der Waals surface area contributed by atoms with Crippen LogP contribution in [0.1, 0.15) is 48.0 Å². The first-order chi connectivity index (χ1) is 17.1. The molecule has 1 fully saturated rings. The van der Waals surface area contributed by atoms with E-state index in [1.807, 2.05) is 0 Å². The van der Waals surface area contributed by atoms with Crippen molar-refractivity contribution in [3.63, 3.8) is 0 Å². The molecule has 0 radical (unpaired) electrons. The third-order valence-electron chi connectivity index (χ3n) is 5.43. The number of rotatable bonds is 7. The lowest BCUT2D eigenvalue weighted by Gasteiger charge is -2.35. The fourth-order valence-corrected chi connectivity index (χ4v) is 3.72. The van der Waals surface area contributed by atoms with E-state index < -0.39 is 57.9 Å². The first-order valence-electron chi connectivity index (χ1n) is 11.6. The van der Waals surface area contributed by atoms with Gasteiger partial charge in [0.25, 0.3) is 5.69 Å². The van der Waals surface area contributed by atoms with Gasteiger partial charge in [0.15, 0.2) is 0 Å². The van der Waals surface area contributed by atoms with Gasteiger partial charge >= 0.3 is 12.2 Å². The summed E-state index contributed by atoms with van der Waals surface area (Å²) in [6.07, 6.45) is -2.04. The molecule has 1 saturated heterocycles.